The zero-order valence-corrected chi connectivity index (χ0v) is 10.9. The SMILES string of the molecule is Cc1cc(CC(N)CC2CCCCO2)n(C)n1. The van der Waals surface area contributed by atoms with E-state index in [2.05, 4.69) is 11.2 Å². The molecule has 0 spiro atoms. The average Bonchev–Trinajstić information content (AvgIpc) is 2.58. The molecule has 4 nitrogen and oxygen atoms in total. The second kappa shape index (κ2) is 5.65. The molecule has 1 aromatic rings. The van der Waals surface area contributed by atoms with Crippen molar-refractivity contribution in [2.24, 2.45) is 12.8 Å². The molecule has 1 saturated heterocycles. The van der Waals surface area contributed by atoms with Gasteiger partial charge in [0.05, 0.1) is 11.8 Å². The lowest BCUT2D eigenvalue weighted by Crippen LogP contribution is -2.32. The number of nitrogens with two attached hydrogens (primary N) is 1. The lowest BCUT2D eigenvalue weighted by Gasteiger charge is -2.25. The second-order valence-corrected chi connectivity index (χ2v) is 5.09. The van der Waals surface area contributed by atoms with Gasteiger partial charge in [-0.2, -0.15) is 5.10 Å². The first kappa shape index (κ1) is 12.6. The van der Waals surface area contributed by atoms with Crippen LogP contribution < -0.4 is 5.73 Å². The molecular formula is C13H23N3O. The van der Waals surface area contributed by atoms with E-state index in [1.54, 1.807) is 0 Å². The van der Waals surface area contributed by atoms with Crippen LogP contribution in [0.1, 0.15) is 37.1 Å². The van der Waals surface area contributed by atoms with Crippen LogP contribution in [0.2, 0.25) is 0 Å². The maximum Gasteiger partial charge on any atom is 0.0596 e. The van der Waals surface area contributed by atoms with Gasteiger partial charge in [0.15, 0.2) is 0 Å². The van der Waals surface area contributed by atoms with Crippen molar-refractivity contribution in [3.63, 3.8) is 0 Å². The molecule has 1 aliphatic rings. The average molecular weight is 237 g/mol. The summed E-state index contributed by atoms with van der Waals surface area (Å²) in [5.41, 5.74) is 8.47. The Bertz CT molecular complexity index is 356. The summed E-state index contributed by atoms with van der Waals surface area (Å²) in [6.45, 7) is 2.92. The van der Waals surface area contributed by atoms with E-state index in [1.807, 2.05) is 18.7 Å². The summed E-state index contributed by atoms with van der Waals surface area (Å²) in [6.07, 6.45) is 5.86. The van der Waals surface area contributed by atoms with E-state index in [1.165, 1.54) is 18.5 Å². The van der Waals surface area contributed by atoms with E-state index < -0.39 is 0 Å². The summed E-state index contributed by atoms with van der Waals surface area (Å²) in [7, 11) is 1.98. The fourth-order valence-corrected chi connectivity index (χ4v) is 2.54. The molecule has 0 aromatic carbocycles. The summed E-state index contributed by atoms with van der Waals surface area (Å²) in [6, 6.07) is 2.29. The van der Waals surface area contributed by atoms with Crippen LogP contribution in [-0.4, -0.2) is 28.5 Å². The Morgan fingerprint density at radius 1 is 1.59 bits per heavy atom. The monoisotopic (exact) mass is 237 g/mol. The molecule has 2 N–H and O–H groups in total. The van der Waals surface area contributed by atoms with Crippen molar-refractivity contribution in [3.8, 4) is 0 Å². The molecule has 1 aromatic heterocycles. The van der Waals surface area contributed by atoms with Gasteiger partial charge in [-0.1, -0.05) is 0 Å². The summed E-state index contributed by atoms with van der Waals surface area (Å²) in [4.78, 5) is 0. The van der Waals surface area contributed by atoms with Crippen LogP contribution in [-0.2, 0) is 18.2 Å². The molecule has 2 heterocycles. The highest BCUT2D eigenvalue weighted by molar-refractivity contribution is 5.09. The fourth-order valence-electron chi connectivity index (χ4n) is 2.54. The van der Waals surface area contributed by atoms with Crippen LogP contribution in [0.15, 0.2) is 6.07 Å². The van der Waals surface area contributed by atoms with Gasteiger partial charge >= 0.3 is 0 Å². The molecule has 17 heavy (non-hydrogen) atoms. The number of nitrogens with zero attached hydrogens (tertiary/aromatic N) is 2. The largest absolute Gasteiger partial charge is 0.378 e. The van der Waals surface area contributed by atoms with Crippen molar-refractivity contribution in [3.05, 3.63) is 17.5 Å². The molecule has 1 fully saturated rings. The Kier molecular flexibility index (Phi) is 4.18. The van der Waals surface area contributed by atoms with Gasteiger partial charge in [-0.15, -0.1) is 0 Å². The zero-order chi connectivity index (χ0) is 12.3. The van der Waals surface area contributed by atoms with Gasteiger partial charge in [-0.05, 0) is 38.7 Å². The summed E-state index contributed by atoms with van der Waals surface area (Å²) < 4.78 is 7.65. The molecule has 0 bridgehead atoms. The Balaban J connectivity index is 1.83. The van der Waals surface area contributed by atoms with Crippen molar-refractivity contribution in [1.82, 2.24) is 9.78 Å². The van der Waals surface area contributed by atoms with Crippen LogP contribution in [0.3, 0.4) is 0 Å². The van der Waals surface area contributed by atoms with Gasteiger partial charge in [0, 0.05) is 31.8 Å². The van der Waals surface area contributed by atoms with Crippen molar-refractivity contribution in [2.45, 2.75) is 51.2 Å². The standard InChI is InChI=1S/C13H23N3O/c1-10-7-12(16(2)15-10)8-11(14)9-13-5-3-4-6-17-13/h7,11,13H,3-6,8-9,14H2,1-2H3. The number of hydrogen-bond acceptors (Lipinski definition) is 3. The first-order chi connectivity index (χ1) is 8.15. The van der Waals surface area contributed by atoms with Crippen molar-refractivity contribution in [2.75, 3.05) is 6.61 Å². The molecule has 2 rings (SSSR count). The topological polar surface area (TPSA) is 53.1 Å². The normalized spacial score (nSPS) is 22.6. The van der Waals surface area contributed by atoms with Gasteiger partial charge in [-0.3, -0.25) is 4.68 Å². The Morgan fingerprint density at radius 3 is 3.00 bits per heavy atom. The fraction of sp³-hybridized carbons (Fsp3) is 0.769. The van der Waals surface area contributed by atoms with E-state index in [0.29, 0.717) is 6.10 Å². The molecule has 1 aliphatic heterocycles. The number of aryl methyl sites for hydroxylation is 2. The first-order valence-electron chi connectivity index (χ1n) is 6.52. The smallest absolute Gasteiger partial charge is 0.0596 e. The maximum atomic E-state index is 6.19. The third-order valence-electron chi connectivity index (χ3n) is 3.41. The Morgan fingerprint density at radius 2 is 2.41 bits per heavy atom. The number of hydrogen-bond donors (Lipinski definition) is 1. The molecule has 0 amide bonds. The summed E-state index contributed by atoms with van der Waals surface area (Å²) >= 11 is 0. The summed E-state index contributed by atoms with van der Waals surface area (Å²) in [5, 5.41) is 4.34. The molecule has 2 atom stereocenters. The van der Waals surface area contributed by atoms with E-state index in [-0.39, 0.29) is 6.04 Å². The molecule has 0 radical (unpaired) electrons. The lowest BCUT2D eigenvalue weighted by molar-refractivity contribution is 0.00739. The molecular weight excluding hydrogens is 214 g/mol. The molecule has 0 aliphatic carbocycles. The van der Waals surface area contributed by atoms with Crippen LogP contribution in [0.4, 0.5) is 0 Å². The summed E-state index contributed by atoms with van der Waals surface area (Å²) in [5.74, 6) is 0. The Hall–Kier alpha value is -0.870. The third kappa shape index (κ3) is 3.54. The predicted molar refractivity (Wildman–Crippen MR) is 67.8 cm³/mol. The van der Waals surface area contributed by atoms with Crippen LogP contribution in [0.25, 0.3) is 0 Å². The van der Waals surface area contributed by atoms with Crippen molar-refractivity contribution < 1.29 is 4.74 Å². The number of aromatic nitrogens is 2. The third-order valence-corrected chi connectivity index (χ3v) is 3.41. The predicted octanol–water partition coefficient (Wildman–Crippen LogP) is 1.56. The molecule has 4 heteroatoms. The minimum atomic E-state index is 0.174. The van der Waals surface area contributed by atoms with Crippen LogP contribution in [0.5, 0.6) is 0 Å². The minimum absolute atomic E-state index is 0.174. The van der Waals surface area contributed by atoms with E-state index in [4.69, 9.17) is 10.5 Å². The molecule has 0 saturated carbocycles. The first-order valence-corrected chi connectivity index (χ1v) is 6.52. The minimum Gasteiger partial charge on any atom is -0.378 e. The number of rotatable bonds is 4. The Labute approximate surface area is 103 Å². The van der Waals surface area contributed by atoms with E-state index in [9.17, 15) is 0 Å². The van der Waals surface area contributed by atoms with Gasteiger partial charge in [-0.25, -0.2) is 0 Å². The van der Waals surface area contributed by atoms with E-state index in [0.717, 1.165) is 31.6 Å². The lowest BCUT2D eigenvalue weighted by atomic mass is 9.99. The van der Waals surface area contributed by atoms with E-state index >= 15 is 0 Å². The quantitative estimate of drug-likeness (QED) is 0.864. The molecule has 2 unspecified atom stereocenters. The van der Waals surface area contributed by atoms with Gasteiger partial charge < -0.3 is 10.5 Å². The molecule has 96 valence electrons. The highest BCUT2D eigenvalue weighted by Gasteiger charge is 2.18. The highest BCUT2D eigenvalue weighted by Crippen LogP contribution is 2.18. The van der Waals surface area contributed by atoms with Gasteiger partial charge in [0.2, 0.25) is 0 Å². The van der Waals surface area contributed by atoms with Crippen molar-refractivity contribution in [1.29, 1.82) is 0 Å². The van der Waals surface area contributed by atoms with Gasteiger partial charge in [0.1, 0.15) is 0 Å². The number of ether oxygens (including phenoxy) is 1. The zero-order valence-electron chi connectivity index (χ0n) is 10.9. The second-order valence-electron chi connectivity index (χ2n) is 5.09. The maximum absolute atomic E-state index is 6.19. The van der Waals surface area contributed by atoms with Crippen LogP contribution >= 0.6 is 0 Å². The van der Waals surface area contributed by atoms with Crippen LogP contribution in [0, 0.1) is 6.92 Å². The van der Waals surface area contributed by atoms with Gasteiger partial charge in [0.25, 0.3) is 0 Å². The van der Waals surface area contributed by atoms with Crippen molar-refractivity contribution >= 4 is 0 Å². The highest BCUT2D eigenvalue weighted by atomic mass is 16.5.